The van der Waals surface area contributed by atoms with E-state index in [2.05, 4.69) is 31.0 Å². The molecule has 110 valence electrons. The molecule has 0 N–H and O–H groups in total. The SMILES string of the molecule is CCCc1nc(COc2ccccc2CC)sc1CC#N. The highest BCUT2D eigenvalue weighted by Gasteiger charge is 2.11. The fourth-order valence-corrected chi connectivity index (χ4v) is 3.18. The van der Waals surface area contributed by atoms with Gasteiger partial charge < -0.3 is 4.74 Å². The maximum atomic E-state index is 8.90. The van der Waals surface area contributed by atoms with Crippen LogP contribution >= 0.6 is 11.3 Å². The van der Waals surface area contributed by atoms with E-state index in [0.717, 1.165) is 40.6 Å². The van der Waals surface area contributed by atoms with Gasteiger partial charge in [-0.15, -0.1) is 11.3 Å². The summed E-state index contributed by atoms with van der Waals surface area (Å²) in [7, 11) is 0. The van der Waals surface area contributed by atoms with Crippen LogP contribution in [0.5, 0.6) is 5.75 Å². The van der Waals surface area contributed by atoms with Crippen molar-refractivity contribution in [3.8, 4) is 11.8 Å². The van der Waals surface area contributed by atoms with Gasteiger partial charge in [0.05, 0.1) is 18.2 Å². The number of aryl methyl sites for hydroxylation is 2. The molecular weight excluding hydrogens is 280 g/mol. The van der Waals surface area contributed by atoms with Gasteiger partial charge in [-0.1, -0.05) is 38.5 Å². The van der Waals surface area contributed by atoms with Crippen LogP contribution in [0.4, 0.5) is 0 Å². The molecule has 0 spiro atoms. The average Bonchev–Trinajstić information content (AvgIpc) is 2.88. The minimum Gasteiger partial charge on any atom is -0.486 e. The van der Waals surface area contributed by atoms with Crippen LogP contribution < -0.4 is 4.74 Å². The molecule has 0 aliphatic heterocycles. The number of aromatic nitrogens is 1. The van der Waals surface area contributed by atoms with E-state index < -0.39 is 0 Å². The Balaban J connectivity index is 2.09. The summed E-state index contributed by atoms with van der Waals surface area (Å²) in [5, 5.41) is 9.85. The number of para-hydroxylation sites is 1. The van der Waals surface area contributed by atoms with Gasteiger partial charge in [-0.05, 0) is 24.5 Å². The van der Waals surface area contributed by atoms with Crippen LogP contribution in [-0.2, 0) is 25.9 Å². The summed E-state index contributed by atoms with van der Waals surface area (Å²) in [4.78, 5) is 5.72. The van der Waals surface area contributed by atoms with Crippen LogP contribution in [0.3, 0.4) is 0 Å². The molecule has 0 bridgehead atoms. The lowest BCUT2D eigenvalue weighted by Gasteiger charge is -2.08. The molecule has 4 heteroatoms. The Morgan fingerprint density at radius 2 is 2.10 bits per heavy atom. The lowest BCUT2D eigenvalue weighted by molar-refractivity contribution is 0.302. The highest BCUT2D eigenvalue weighted by Crippen LogP contribution is 2.24. The molecule has 0 fully saturated rings. The second kappa shape index (κ2) is 7.80. The van der Waals surface area contributed by atoms with Crippen molar-refractivity contribution in [2.45, 2.75) is 46.1 Å². The molecule has 1 aromatic heterocycles. The van der Waals surface area contributed by atoms with Crippen LogP contribution in [0.15, 0.2) is 24.3 Å². The largest absolute Gasteiger partial charge is 0.486 e. The van der Waals surface area contributed by atoms with Crippen molar-refractivity contribution in [2.24, 2.45) is 0 Å². The van der Waals surface area contributed by atoms with E-state index in [0.29, 0.717) is 13.0 Å². The Kier molecular flexibility index (Phi) is 5.77. The zero-order chi connectivity index (χ0) is 15.1. The van der Waals surface area contributed by atoms with Gasteiger partial charge in [0.25, 0.3) is 0 Å². The van der Waals surface area contributed by atoms with E-state index in [4.69, 9.17) is 10.00 Å². The molecule has 0 radical (unpaired) electrons. The number of nitriles is 1. The number of hydrogen-bond donors (Lipinski definition) is 0. The summed E-state index contributed by atoms with van der Waals surface area (Å²) in [5.74, 6) is 0.925. The molecule has 0 saturated carbocycles. The van der Waals surface area contributed by atoms with E-state index >= 15 is 0 Å². The predicted octanol–water partition coefficient (Wildman–Crippen LogP) is 4.30. The second-order valence-corrected chi connectivity index (χ2v) is 5.98. The van der Waals surface area contributed by atoms with Gasteiger partial charge in [-0.2, -0.15) is 5.26 Å². The standard InChI is InChI=1S/C17H20N2OS/c1-3-7-14-16(10-11-18)21-17(19-14)12-20-15-9-6-5-8-13(15)4-2/h5-6,8-9H,3-4,7,10,12H2,1-2H3. The van der Waals surface area contributed by atoms with Gasteiger partial charge in [0.1, 0.15) is 17.4 Å². The molecule has 0 atom stereocenters. The van der Waals surface area contributed by atoms with Gasteiger partial charge in [0.15, 0.2) is 0 Å². The van der Waals surface area contributed by atoms with Crippen LogP contribution in [-0.4, -0.2) is 4.98 Å². The minimum absolute atomic E-state index is 0.443. The molecule has 21 heavy (non-hydrogen) atoms. The van der Waals surface area contributed by atoms with Crippen molar-refractivity contribution in [2.75, 3.05) is 0 Å². The van der Waals surface area contributed by atoms with Crippen molar-refractivity contribution in [1.82, 2.24) is 4.98 Å². The zero-order valence-electron chi connectivity index (χ0n) is 12.6. The van der Waals surface area contributed by atoms with E-state index in [9.17, 15) is 0 Å². The first-order chi connectivity index (χ1) is 10.3. The van der Waals surface area contributed by atoms with Crippen LogP contribution in [0.2, 0.25) is 0 Å². The molecule has 0 unspecified atom stereocenters. The molecule has 0 aliphatic rings. The highest BCUT2D eigenvalue weighted by molar-refractivity contribution is 7.11. The van der Waals surface area contributed by atoms with Crippen molar-refractivity contribution < 1.29 is 4.74 Å². The van der Waals surface area contributed by atoms with Gasteiger partial charge in [0.2, 0.25) is 0 Å². The van der Waals surface area contributed by atoms with Gasteiger partial charge >= 0.3 is 0 Å². The van der Waals surface area contributed by atoms with Crippen molar-refractivity contribution >= 4 is 11.3 Å². The second-order valence-electron chi connectivity index (χ2n) is 4.81. The summed E-state index contributed by atoms with van der Waals surface area (Å²) in [6, 6.07) is 10.3. The minimum atomic E-state index is 0.443. The van der Waals surface area contributed by atoms with E-state index in [1.165, 1.54) is 5.56 Å². The summed E-state index contributed by atoms with van der Waals surface area (Å²) in [6.45, 7) is 4.73. The van der Waals surface area contributed by atoms with Crippen LogP contribution in [0, 0.1) is 11.3 Å². The van der Waals surface area contributed by atoms with Gasteiger partial charge in [-0.3, -0.25) is 0 Å². The quantitative estimate of drug-likeness (QED) is 0.765. The molecule has 3 nitrogen and oxygen atoms in total. The molecule has 2 aromatic rings. The Hall–Kier alpha value is -1.86. The third-order valence-electron chi connectivity index (χ3n) is 3.25. The van der Waals surface area contributed by atoms with Gasteiger partial charge in [-0.25, -0.2) is 4.98 Å². The van der Waals surface area contributed by atoms with E-state index in [1.807, 2.05) is 18.2 Å². The number of rotatable bonds is 7. The molecule has 0 amide bonds. The number of benzene rings is 1. The molecule has 0 aliphatic carbocycles. The molecule has 2 rings (SSSR count). The lowest BCUT2D eigenvalue weighted by Crippen LogP contribution is -1.98. The Labute approximate surface area is 130 Å². The molecule has 1 heterocycles. The smallest absolute Gasteiger partial charge is 0.140 e. The van der Waals surface area contributed by atoms with Crippen molar-refractivity contribution in [3.63, 3.8) is 0 Å². The monoisotopic (exact) mass is 300 g/mol. The molecule has 1 aromatic carbocycles. The fourth-order valence-electron chi connectivity index (χ4n) is 2.22. The summed E-state index contributed by atoms with van der Waals surface area (Å²) in [5.41, 5.74) is 2.27. The highest BCUT2D eigenvalue weighted by atomic mass is 32.1. The summed E-state index contributed by atoms with van der Waals surface area (Å²) >= 11 is 1.60. The zero-order valence-corrected chi connectivity index (χ0v) is 13.4. The van der Waals surface area contributed by atoms with Crippen LogP contribution in [0.25, 0.3) is 0 Å². The summed E-state index contributed by atoms with van der Waals surface area (Å²) in [6.07, 6.45) is 3.37. The fraction of sp³-hybridized carbons (Fsp3) is 0.412. The first kappa shape index (κ1) is 15.5. The Morgan fingerprint density at radius 1 is 1.29 bits per heavy atom. The topological polar surface area (TPSA) is 45.9 Å². The summed E-state index contributed by atoms with van der Waals surface area (Å²) < 4.78 is 5.90. The number of hydrogen-bond acceptors (Lipinski definition) is 4. The number of ether oxygens (including phenoxy) is 1. The third-order valence-corrected chi connectivity index (χ3v) is 4.32. The van der Waals surface area contributed by atoms with Crippen molar-refractivity contribution in [1.29, 1.82) is 5.26 Å². The maximum absolute atomic E-state index is 8.90. The van der Waals surface area contributed by atoms with E-state index in [-0.39, 0.29) is 0 Å². The first-order valence-electron chi connectivity index (χ1n) is 7.33. The molecule has 0 saturated heterocycles. The van der Waals surface area contributed by atoms with E-state index in [1.54, 1.807) is 11.3 Å². The first-order valence-corrected chi connectivity index (χ1v) is 8.15. The third kappa shape index (κ3) is 4.05. The normalized spacial score (nSPS) is 10.3. The van der Waals surface area contributed by atoms with Crippen molar-refractivity contribution in [3.05, 3.63) is 45.4 Å². The Bertz CT molecular complexity index is 628. The predicted molar refractivity (Wildman–Crippen MR) is 85.6 cm³/mol. The number of nitrogens with zero attached hydrogens (tertiary/aromatic N) is 2. The lowest BCUT2D eigenvalue weighted by atomic mass is 10.1. The number of thiazole rings is 1. The van der Waals surface area contributed by atoms with Crippen LogP contribution in [0.1, 0.15) is 41.4 Å². The maximum Gasteiger partial charge on any atom is 0.140 e. The Morgan fingerprint density at radius 3 is 2.81 bits per heavy atom. The van der Waals surface area contributed by atoms with Gasteiger partial charge in [0, 0.05) is 4.88 Å². The molecular formula is C17H20N2OS. The average molecular weight is 300 g/mol.